The molecule has 5 nitrogen and oxygen atoms in total. The van der Waals surface area contributed by atoms with Crippen LogP contribution in [0.1, 0.15) is 36.5 Å². The normalized spacial score (nSPS) is 11.5. The van der Waals surface area contributed by atoms with E-state index in [1.807, 2.05) is 85.8 Å². The van der Waals surface area contributed by atoms with Gasteiger partial charge in [-0.05, 0) is 47.7 Å². The minimum atomic E-state index is -0.645. The highest BCUT2D eigenvalue weighted by Gasteiger charge is 2.30. The summed E-state index contributed by atoms with van der Waals surface area (Å²) in [7, 11) is 1.61. The first-order chi connectivity index (χ1) is 17.0. The first-order valence-electron chi connectivity index (χ1n) is 12.0. The van der Waals surface area contributed by atoms with Gasteiger partial charge in [0.25, 0.3) is 0 Å². The van der Waals surface area contributed by atoms with E-state index >= 15 is 0 Å². The van der Waals surface area contributed by atoms with Gasteiger partial charge in [0.15, 0.2) is 0 Å². The number of rotatable bonds is 12. The molecule has 0 radical (unpaired) electrons. The standard InChI is InChI=1S/C29H33ClN2O3/c1-3-18-31-29(34)27(20-22-10-5-4-6-11-22)32(21-23-12-9-14-25(19-23)35-2)28(33)17-16-24-13-7-8-15-26(24)30/h4-15,19,27H,3,16-18,20-21H2,1-2H3,(H,31,34)/t27-/m0/s1. The van der Waals surface area contributed by atoms with Crippen molar-refractivity contribution in [2.45, 2.75) is 45.2 Å². The molecule has 0 saturated heterocycles. The fourth-order valence-corrected chi connectivity index (χ4v) is 4.20. The van der Waals surface area contributed by atoms with Gasteiger partial charge in [-0.25, -0.2) is 0 Å². The van der Waals surface area contributed by atoms with Gasteiger partial charge in [-0.15, -0.1) is 0 Å². The fourth-order valence-electron chi connectivity index (χ4n) is 3.97. The molecule has 3 rings (SSSR count). The monoisotopic (exact) mass is 492 g/mol. The Morgan fingerprint density at radius 2 is 1.69 bits per heavy atom. The van der Waals surface area contributed by atoms with Crippen LogP contribution in [0.5, 0.6) is 5.75 Å². The Labute approximate surface area is 213 Å². The number of hydrogen-bond donors (Lipinski definition) is 1. The maximum Gasteiger partial charge on any atom is 0.243 e. The summed E-state index contributed by atoms with van der Waals surface area (Å²) in [5, 5.41) is 3.64. The molecule has 0 aliphatic rings. The number of nitrogens with zero attached hydrogens (tertiary/aromatic N) is 1. The lowest BCUT2D eigenvalue weighted by Crippen LogP contribution is -2.50. The Kier molecular flexibility index (Phi) is 10.2. The van der Waals surface area contributed by atoms with Gasteiger partial charge in [-0.3, -0.25) is 9.59 Å². The lowest BCUT2D eigenvalue weighted by atomic mass is 10.0. The Hall–Kier alpha value is -3.31. The fraction of sp³-hybridized carbons (Fsp3) is 0.310. The Bertz CT molecular complexity index is 1100. The van der Waals surface area contributed by atoms with Crippen LogP contribution in [0.25, 0.3) is 0 Å². The summed E-state index contributed by atoms with van der Waals surface area (Å²) in [4.78, 5) is 28.7. The molecule has 0 saturated carbocycles. The summed E-state index contributed by atoms with van der Waals surface area (Å²) in [6, 6.07) is 24.3. The molecule has 3 aromatic carbocycles. The number of carbonyl (C=O) groups excluding carboxylic acids is 2. The topological polar surface area (TPSA) is 58.6 Å². The maximum absolute atomic E-state index is 13.7. The predicted octanol–water partition coefficient (Wildman–Crippen LogP) is 5.45. The second kappa shape index (κ2) is 13.5. The van der Waals surface area contributed by atoms with Crippen molar-refractivity contribution in [1.82, 2.24) is 10.2 Å². The van der Waals surface area contributed by atoms with Crippen molar-refractivity contribution in [3.8, 4) is 5.75 Å². The SMILES string of the molecule is CCCNC(=O)[C@H](Cc1ccccc1)N(Cc1cccc(OC)c1)C(=O)CCc1ccccc1Cl. The van der Waals surface area contributed by atoms with Gasteiger partial charge >= 0.3 is 0 Å². The molecular formula is C29H33ClN2O3. The summed E-state index contributed by atoms with van der Waals surface area (Å²) < 4.78 is 5.37. The number of benzene rings is 3. The second-order valence-electron chi connectivity index (χ2n) is 8.46. The van der Waals surface area contributed by atoms with Crippen molar-refractivity contribution in [1.29, 1.82) is 0 Å². The van der Waals surface area contributed by atoms with Gasteiger partial charge in [-0.2, -0.15) is 0 Å². The maximum atomic E-state index is 13.7. The van der Waals surface area contributed by atoms with Crippen molar-refractivity contribution >= 4 is 23.4 Å². The van der Waals surface area contributed by atoms with Crippen LogP contribution < -0.4 is 10.1 Å². The summed E-state index contributed by atoms with van der Waals surface area (Å²) >= 11 is 6.33. The molecule has 0 aliphatic heterocycles. The molecule has 0 unspecified atom stereocenters. The first kappa shape index (κ1) is 26.3. The highest BCUT2D eigenvalue weighted by atomic mass is 35.5. The summed E-state index contributed by atoms with van der Waals surface area (Å²) in [6.07, 6.45) is 2.00. The summed E-state index contributed by atoms with van der Waals surface area (Å²) in [6.45, 7) is 2.87. The molecule has 3 aromatic rings. The van der Waals surface area contributed by atoms with E-state index in [0.717, 1.165) is 23.1 Å². The molecule has 0 fully saturated rings. The molecule has 6 heteroatoms. The third-order valence-electron chi connectivity index (χ3n) is 5.87. The number of hydrogen-bond acceptors (Lipinski definition) is 3. The Balaban J connectivity index is 1.91. The zero-order valence-electron chi connectivity index (χ0n) is 20.4. The number of halogens is 1. The van der Waals surface area contributed by atoms with Crippen molar-refractivity contribution in [2.24, 2.45) is 0 Å². The van der Waals surface area contributed by atoms with Crippen molar-refractivity contribution < 1.29 is 14.3 Å². The predicted molar refractivity (Wildman–Crippen MR) is 141 cm³/mol. The summed E-state index contributed by atoms with van der Waals surface area (Å²) in [5.41, 5.74) is 2.81. The van der Waals surface area contributed by atoms with E-state index in [0.29, 0.717) is 36.7 Å². The summed E-state index contributed by atoms with van der Waals surface area (Å²) in [5.74, 6) is 0.464. The zero-order valence-corrected chi connectivity index (χ0v) is 21.1. The largest absolute Gasteiger partial charge is 0.497 e. The average molecular weight is 493 g/mol. The van der Waals surface area contributed by atoms with Crippen molar-refractivity contribution in [2.75, 3.05) is 13.7 Å². The van der Waals surface area contributed by atoms with E-state index in [2.05, 4.69) is 5.32 Å². The van der Waals surface area contributed by atoms with E-state index in [-0.39, 0.29) is 18.2 Å². The van der Waals surface area contributed by atoms with Crippen molar-refractivity contribution in [3.05, 3.63) is 101 Å². The lowest BCUT2D eigenvalue weighted by Gasteiger charge is -2.32. The van der Waals surface area contributed by atoms with Crippen LogP contribution in [0.2, 0.25) is 5.02 Å². The van der Waals surface area contributed by atoms with Crippen molar-refractivity contribution in [3.63, 3.8) is 0 Å². The van der Waals surface area contributed by atoms with Gasteiger partial charge in [-0.1, -0.05) is 79.2 Å². The molecule has 0 bridgehead atoms. The molecule has 0 aliphatic carbocycles. The quantitative estimate of drug-likeness (QED) is 0.366. The van der Waals surface area contributed by atoms with Crippen LogP contribution in [0.4, 0.5) is 0 Å². The molecule has 0 heterocycles. The van der Waals surface area contributed by atoms with E-state index < -0.39 is 6.04 Å². The minimum absolute atomic E-state index is 0.0969. The van der Waals surface area contributed by atoms with Crippen LogP contribution in [-0.2, 0) is 29.0 Å². The highest BCUT2D eigenvalue weighted by molar-refractivity contribution is 6.31. The zero-order chi connectivity index (χ0) is 25.0. The van der Waals surface area contributed by atoms with Crippen LogP contribution in [0, 0.1) is 0 Å². The molecule has 35 heavy (non-hydrogen) atoms. The third kappa shape index (κ3) is 7.86. The second-order valence-corrected chi connectivity index (χ2v) is 8.87. The molecule has 184 valence electrons. The van der Waals surface area contributed by atoms with Crippen LogP contribution in [-0.4, -0.2) is 36.4 Å². The molecule has 1 atom stereocenters. The van der Waals surface area contributed by atoms with E-state index in [1.54, 1.807) is 12.0 Å². The lowest BCUT2D eigenvalue weighted by molar-refractivity contribution is -0.141. The smallest absolute Gasteiger partial charge is 0.243 e. The molecule has 2 amide bonds. The van der Waals surface area contributed by atoms with Gasteiger partial charge in [0.05, 0.1) is 7.11 Å². The Morgan fingerprint density at radius 1 is 0.971 bits per heavy atom. The van der Waals surface area contributed by atoms with Crippen LogP contribution in [0.15, 0.2) is 78.9 Å². The van der Waals surface area contributed by atoms with Gasteiger partial charge in [0, 0.05) is 31.0 Å². The number of nitrogens with one attached hydrogen (secondary N) is 1. The van der Waals surface area contributed by atoms with E-state index in [4.69, 9.17) is 16.3 Å². The van der Waals surface area contributed by atoms with E-state index in [9.17, 15) is 9.59 Å². The molecule has 0 aromatic heterocycles. The minimum Gasteiger partial charge on any atom is -0.497 e. The number of amides is 2. The highest BCUT2D eigenvalue weighted by Crippen LogP contribution is 2.21. The number of aryl methyl sites for hydroxylation is 1. The number of methoxy groups -OCH3 is 1. The average Bonchev–Trinajstić information content (AvgIpc) is 2.89. The third-order valence-corrected chi connectivity index (χ3v) is 6.24. The number of ether oxygens (including phenoxy) is 1. The Morgan fingerprint density at radius 3 is 2.40 bits per heavy atom. The van der Waals surface area contributed by atoms with Gasteiger partial charge in [0.2, 0.25) is 11.8 Å². The first-order valence-corrected chi connectivity index (χ1v) is 12.4. The number of carbonyl (C=O) groups is 2. The van der Waals surface area contributed by atoms with Gasteiger partial charge < -0.3 is 15.0 Å². The molecule has 1 N–H and O–H groups in total. The van der Waals surface area contributed by atoms with Gasteiger partial charge in [0.1, 0.15) is 11.8 Å². The van der Waals surface area contributed by atoms with Crippen LogP contribution in [0.3, 0.4) is 0 Å². The molecule has 0 spiro atoms. The molecular weight excluding hydrogens is 460 g/mol. The van der Waals surface area contributed by atoms with E-state index in [1.165, 1.54) is 0 Å². The van der Waals surface area contributed by atoms with Crippen LogP contribution >= 0.6 is 11.6 Å².